The lowest BCUT2D eigenvalue weighted by Crippen LogP contribution is -2.04. The molecule has 26 heavy (non-hydrogen) atoms. The molecule has 2 heterocycles. The zero-order valence-corrected chi connectivity index (χ0v) is 14.7. The summed E-state index contributed by atoms with van der Waals surface area (Å²) >= 11 is 0. The lowest BCUT2D eigenvalue weighted by atomic mass is 10.2. The molecule has 0 bridgehead atoms. The Morgan fingerprint density at radius 1 is 1.12 bits per heavy atom. The lowest BCUT2D eigenvalue weighted by molar-refractivity contribution is 0.0601. The van der Waals surface area contributed by atoms with Crippen LogP contribution in [0.4, 0.5) is 0 Å². The maximum absolute atomic E-state index is 11.9. The SMILES string of the molecule is COC(=O)c1ccc2nc(C(C)C)n(-c3ccc4[nH]c(=O)[nH]c4c3)c2c1. The molecule has 2 aromatic carbocycles. The fourth-order valence-electron chi connectivity index (χ4n) is 3.16. The number of aromatic nitrogens is 4. The first kappa shape index (κ1) is 16.1. The number of fused-ring (bicyclic) bond motifs is 2. The van der Waals surface area contributed by atoms with Crippen molar-refractivity contribution >= 4 is 28.0 Å². The quantitative estimate of drug-likeness (QED) is 0.555. The van der Waals surface area contributed by atoms with E-state index in [0.717, 1.165) is 28.1 Å². The van der Waals surface area contributed by atoms with Gasteiger partial charge >= 0.3 is 11.7 Å². The number of nitrogens with one attached hydrogen (secondary N) is 2. The number of hydrogen-bond acceptors (Lipinski definition) is 4. The summed E-state index contributed by atoms with van der Waals surface area (Å²) in [5, 5.41) is 0. The summed E-state index contributed by atoms with van der Waals surface area (Å²) in [4.78, 5) is 33.7. The van der Waals surface area contributed by atoms with E-state index in [9.17, 15) is 9.59 Å². The first-order valence-corrected chi connectivity index (χ1v) is 8.31. The van der Waals surface area contributed by atoms with Crippen molar-refractivity contribution in [3.63, 3.8) is 0 Å². The first-order chi connectivity index (χ1) is 12.5. The molecule has 0 aliphatic carbocycles. The van der Waals surface area contributed by atoms with Gasteiger partial charge in [0.1, 0.15) is 5.82 Å². The molecule has 0 aliphatic heterocycles. The summed E-state index contributed by atoms with van der Waals surface area (Å²) < 4.78 is 6.84. The van der Waals surface area contributed by atoms with E-state index in [1.807, 2.05) is 28.8 Å². The van der Waals surface area contributed by atoms with Gasteiger partial charge in [0.05, 0.1) is 34.7 Å². The minimum atomic E-state index is -0.392. The molecule has 2 N–H and O–H groups in total. The Labute approximate surface area is 148 Å². The van der Waals surface area contributed by atoms with Gasteiger partial charge in [-0.1, -0.05) is 13.8 Å². The maximum atomic E-state index is 11.9. The summed E-state index contributed by atoms with van der Waals surface area (Å²) in [6.07, 6.45) is 0. The number of imidazole rings is 2. The summed E-state index contributed by atoms with van der Waals surface area (Å²) in [5.41, 5.74) is 4.15. The molecule has 0 saturated heterocycles. The van der Waals surface area contributed by atoms with Gasteiger partial charge < -0.3 is 14.7 Å². The van der Waals surface area contributed by atoms with E-state index in [1.165, 1.54) is 7.11 Å². The number of nitrogens with zero attached hydrogens (tertiary/aromatic N) is 2. The second-order valence-electron chi connectivity index (χ2n) is 6.46. The molecule has 0 radical (unpaired) electrons. The minimum absolute atomic E-state index is 0.171. The highest BCUT2D eigenvalue weighted by atomic mass is 16.5. The molecule has 7 heteroatoms. The molecule has 132 valence electrons. The molecule has 0 aliphatic rings. The Morgan fingerprint density at radius 2 is 1.88 bits per heavy atom. The van der Waals surface area contributed by atoms with E-state index in [-0.39, 0.29) is 11.6 Å². The van der Waals surface area contributed by atoms with Crippen LogP contribution in [0.25, 0.3) is 27.8 Å². The summed E-state index contributed by atoms with van der Waals surface area (Å²) in [7, 11) is 1.36. The van der Waals surface area contributed by atoms with Crippen molar-refractivity contribution in [3.05, 3.63) is 58.3 Å². The zero-order valence-electron chi connectivity index (χ0n) is 14.7. The third-order valence-corrected chi connectivity index (χ3v) is 4.38. The van der Waals surface area contributed by atoms with Crippen LogP contribution in [0, 0.1) is 0 Å². The minimum Gasteiger partial charge on any atom is -0.465 e. The molecule has 2 aromatic heterocycles. The third-order valence-electron chi connectivity index (χ3n) is 4.38. The number of carbonyl (C=O) groups is 1. The summed E-state index contributed by atoms with van der Waals surface area (Å²) in [6.45, 7) is 4.13. The maximum Gasteiger partial charge on any atom is 0.337 e. The second-order valence-corrected chi connectivity index (χ2v) is 6.46. The van der Waals surface area contributed by atoms with Crippen molar-refractivity contribution in [3.8, 4) is 5.69 Å². The number of carbonyl (C=O) groups excluding carboxylic acids is 1. The topological polar surface area (TPSA) is 92.8 Å². The van der Waals surface area contributed by atoms with Gasteiger partial charge in [0.25, 0.3) is 0 Å². The van der Waals surface area contributed by atoms with E-state index < -0.39 is 5.97 Å². The van der Waals surface area contributed by atoms with Crippen molar-refractivity contribution in [1.29, 1.82) is 0 Å². The van der Waals surface area contributed by atoms with Gasteiger partial charge in [0.15, 0.2) is 0 Å². The predicted molar refractivity (Wildman–Crippen MR) is 99.0 cm³/mol. The fraction of sp³-hybridized carbons (Fsp3) is 0.211. The monoisotopic (exact) mass is 350 g/mol. The predicted octanol–water partition coefficient (Wildman–Crippen LogP) is 3.11. The lowest BCUT2D eigenvalue weighted by Gasteiger charge is -2.12. The van der Waals surface area contributed by atoms with Crippen molar-refractivity contribution in [2.75, 3.05) is 7.11 Å². The van der Waals surface area contributed by atoms with Crippen LogP contribution < -0.4 is 5.69 Å². The Morgan fingerprint density at radius 3 is 2.62 bits per heavy atom. The third kappa shape index (κ3) is 2.48. The highest BCUT2D eigenvalue weighted by Gasteiger charge is 2.17. The van der Waals surface area contributed by atoms with Crippen LogP contribution in [0.15, 0.2) is 41.2 Å². The molecule has 4 rings (SSSR count). The van der Waals surface area contributed by atoms with E-state index in [0.29, 0.717) is 11.1 Å². The fourth-order valence-corrected chi connectivity index (χ4v) is 3.16. The van der Waals surface area contributed by atoms with E-state index in [2.05, 4.69) is 23.8 Å². The van der Waals surface area contributed by atoms with Gasteiger partial charge in [0.2, 0.25) is 0 Å². The van der Waals surface area contributed by atoms with Crippen LogP contribution in [0.1, 0.15) is 35.9 Å². The standard InChI is InChI=1S/C19H18N4O3/c1-10(2)17-20-14-6-4-11(18(24)26-3)8-16(14)23(17)12-5-7-13-15(9-12)22-19(25)21-13/h4-10H,1-3H3,(H2,21,22,25). The average Bonchev–Trinajstić information content (AvgIpc) is 3.19. The molecule has 4 aromatic rings. The zero-order chi connectivity index (χ0) is 18.4. The number of ether oxygens (including phenoxy) is 1. The van der Waals surface area contributed by atoms with Crippen LogP contribution in [-0.4, -0.2) is 32.6 Å². The van der Waals surface area contributed by atoms with Gasteiger partial charge in [0, 0.05) is 11.6 Å². The van der Waals surface area contributed by atoms with Crippen molar-refractivity contribution < 1.29 is 9.53 Å². The number of aromatic amines is 2. The Hall–Kier alpha value is -3.35. The van der Waals surface area contributed by atoms with Crippen LogP contribution in [-0.2, 0) is 4.74 Å². The van der Waals surface area contributed by atoms with E-state index in [4.69, 9.17) is 9.72 Å². The van der Waals surface area contributed by atoms with Gasteiger partial charge in [-0.05, 0) is 36.4 Å². The van der Waals surface area contributed by atoms with Crippen LogP contribution in [0.5, 0.6) is 0 Å². The smallest absolute Gasteiger partial charge is 0.337 e. The summed E-state index contributed by atoms with van der Waals surface area (Å²) in [5.74, 6) is 0.653. The molecule has 0 atom stereocenters. The number of H-pyrrole nitrogens is 2. The molecular formula is C19H18N4O3. The molecule has 0 saturated carbocycles. The molecular weight excluding hydrogens is 332 g/mol. The Kier molecular flexibility index (Phi) is 3.64. The second kappa shape index (κ2) is 5.87. The Balaban J connectivity index is 2.01. The van der Waals surface area contributed by atoms with Gasteiger partial charge in [-0.15, -0.1) is 0 Å². The van der Waals surface area contributed by atoms with E-state index in [1.54, 1.807) is 12.1 Å². The van der Waals surface area contributed by atoms with Crippen molar-refractivity contribution in [2.45, 2.75) is 19.8 Å². The normalized spacial score (nSPS) is 11.5. The van der Waals surface area contributed by atoms with Crippen molar-refractivity contribution in [1.82, 2.24) is 19.5 Å². The molecule has 0 spiro atoms. The number of methoxy groups -OCH3 is 1. The van der Waals surface area contributed by atoms with Gasteiger partial charge in [-0.2, -0.15) is 0 Å². The van der Waals surface area contributed by atoms with E-state index >= 15 is 0 Å². The highest BCUT2D eigenvalue weighted by Crippen LogP contribution is 2.28. The largest absolute Gasteiger partial charge is 0.465 e. The van der Waals surface area contributed by atoms with Crippen LogP contribution >= 0.6 is 0 Å². The number of hydrogen-bond donors (Lipinski definition) is 2. The number of benzene rings is 2. The number of rotatable bonds is 3. The molecule has 7 nitrogen and oxygen atoms in total. The van der Waals surface area contributed by atoms with Crippen LogP contribution in [0.2, 0.25) is 0 Å². The number of esters is 1. The van der Waals surface area contributed by atoms with Crippen LogP contribution in [0.3, 0.4) is 0 Å². The molecule has 0 fully saturated rings. The summed E-state index contributed by atoms with van der Waals surface area (Å²) in [6, 6.07) is 11.0. The highest BCUT2D eigenvalue weighted by molar-refractivity contribution is 5.94. The Bertz CT molecular complexity index is 1200. The van der Waals surface area contributed by atoms with Gasteiger partial charge in [-0.3, -0.25) is 4.57 Å². The van der Waals surface area contributed by atoms with Gasteiger partial charge in [-0.25, -0.2) is 14.6 Å². The molecule has 0 amide bonds. The molecule has 0 unspecified atom stereocenters. The first-order valence-electron chi connectivity index (χ1n) is 8.31. The average molecular weight is 350 g/mol. The van der Waals surface area contributed by atoms with Crippen molar-refractivity contribution in [2.24, 2.45) is 0 Å².